The molecule has 11 heteroatoms. The van der Waals surface area contributed by atoms with Gasteiger partial charge in [-0.05, 0) is 20.8 Å². The Hall–Kier alpha value is -3.21. The van der Waals surface area contributed by atoms with Crippen molar-refractivity contribution in [3.8, 4) is 0 Å². The molecule has 0 radical (unpaired) electrons. The summed E-state index contributed by atoms with van der Waals surface area (Å²) in [4.78, 5) is 43.9. The number of fused-ring (bicyclic) bond motifs is 1. The molecular formula is C18H20N4O6S. The predicted octanol–water partition coefficient (Wildman–Crippen LogP) is 1.96. The number of furan rings is 1. The van der Waals surface area contributed by atoms with Gasteiger partial charge in [0.25, 0.3) is 0 Å². The van der Waals surface area contributed by atoms with Crippen LogP contribution in [0.3, 0.4) is 0 Å². The minimum absolute atomic E-state index is 0.0291. The average molecular weight is 420 g/mol. The number of aromatic nitrogens is 3. The summed E-state index contributed by atoms with van der Waals surface area (Å²) in [5.41, 5.74) is 7.06. The number of hydrogen-bond acceptors (Lipinski definition) is 10. The van der Waals surface area contributed by atoms with E-state index in [0.29, 0.717) is 5.76 Å². The molecule has 154 valence electrons. The molecule has 0 spiro atoms. The number of thiazole rings is 1. The lowest BCUT2D eigenvalue weighted by Gasteiger charge is -2.06. The van der Waals surface area contributed by atoms with Gasteiger partial charge >= 0.3 is 16.8 Å². The summed E-state index contributed by atoms with van der Waals surface area (Å²) in [5, 5.41) is 2.00. The van der Waals surface area contributed by atoms with E-state index in [0.717, 1.165) is 17.0 Å². The number of carbonyl (C=O) groups excluding carboxylic acids is 2. The first-order chi connectivity index (χ1) is 13.8. The van der Waals surface area contributed by atoms with Crippen LogP contribution in [0, 0.1) is 13.8 Å². The lowest BCUT2D eigenvalue weighted by atomic mass is 10.2. The summed E-state index contributed by atoms with van der Waals surface area (Å²) in [7, 11) is 0. The molecule has 0 saturated heterocycles. The summed E-state index contributed by atoms with van der Waals surface area (Å²) in [6.45, 7) is 5.31. The molecule has 0 aromatic carbocycles. The molecule has 0 unspecified atom stereocenters. The summed E-state index contributed by atoms with van der Waals surface area (Å²) in [6.07, 6.45) is 0.0298. The second kappa shape index (κ2) is 8.43. The number of esters is 2. The third-order valence-electron chi connectivity index (χ3n) is 4.16. The van der Waals surface area contributed by atoms with Crippen LogP contribution in [-0.4, -0.2) is 33.1 Å². The molecule has 0 amide bonds. The minimum Gasteiger partial charge on any atom is -0.462 e. The molecule has 0 bridgehead atoms. The van der Waals surface area contributed by atoms with Crippen molar-refractivity contribution in [2.45, 2.75) is 40.3 Å². The highest BCUT2D eigenvalue weighted by Gasteiger charge is 2.24. The van der Waals surface area contributed by atoms with Gasteiger partial charge in [-0.3, -0.25) is 9.59 Å². The minimum atomic E-state index is -0.572. The fourth-order valence-electron chi connectivity index (χ4n) is 2.79. The van der Waals surface area contributed by atoms with Crippen molar-refractivity contribution in [1.29, 1.82) is 0 Å². The maximum Gasteiger partial charge on any atom is 0.342 e. The van der Waals surface area contributed by atoms with E-state index in [1.165, 1.54) is 4.57 Å². The summed E-state index contributed by atoms with van der Waals surface area (Å²) >= 11 is 1.08. The van der Waals surface area contributed by atoms with Gasteiger partial charge in [0, 0.05) is 17.6 Å². The lowest BCUT2D eigenvalue weighted by Crippen LogP contribution is -2.18. The smallest absolute Gasteiger partial charge is 0.342 e. The van der Waals surface area contributed by atoms with E-state index >= 15 is 0 Å². The molecule has 0 fully saturated rings. The number of ether oxygens (including phenoxy) is 2. The molecule has 3 aromatic rings. The maximum atomic E-state index is 12.1. The van der Waals surface area contributed by atoms with Crippen molar-refractivity contribution in [3.63, 3.8) is 0 Å². The van der Waals surface area contributed by atoms with Crippen molar-refractivity contribution in [2.24, 2.45) is 0 Å². The number of rotatable bonds is 7. The van der Waals surface area contributed by atoms with Crippen LogP contribution >= 0.6 is 11.3 Å². The Bertz CT molecular complexity index is 1130. The molecule has 0 aliphatic carbocycles. The number of nitrogens with zero attached hydrogens (tertiary/aromatic N) is 3. The summed E-state index contributed by atoms with van der Waals surface area (Å²) in [5.74, 6) is -0.604. The van der Waals surface area contributed by atoms with Crippen LogP contribution in [-0.2, 0) is 27.4 Å². The molecule has 2 N–H and O–H groups in total. The number of nitrogens with two attached hydrogens (primary N) is 1. The Morgan fingerprint density at radius 3 is 2.69 bits per heavy atom. The zero-order valence-electron chi connectivity index (χ0n) is 16.2. The molecule has 0 atom stereocenters. The van der Waals surface area contributed by atoms with Gasteiger partial charge in [-0.15, -0.1) is 0 Å². The fraction of sp³-hybridized carbons (Fsp3) is 0.389. The third-order valence-corrected chi connectivity index (χ3v) is 5.04. The summed E-state index contributed by atoms with van der Waals surface area (Å²) in [6, 6.07) is 0. The molecule has 0 aliphatic rings. The van der Waals surface area contributed by atoms with Gasteiger partial charge in [0.2, 0.25) is 5.71 Å². The van der Waals surface area contributed by atoms with E-state index in [4.69, 9.17) is 19.6 Å². The number of hydrogen-bond donors (Lipinski definition) is 1. The van der Waals surface area contributed by atoms with Gasteiger partial charge in [-0.25, -0.2) is 9.78 Å². The van der Waals surface area contributed by atoms with Crippen molar-refractivity contribution in [3.05, 3.63) is 37.9 Å². The van der Waals surface area contributed by atoms with Crippen LogP contribution in [0.25, 0.3) is 11.1 Å². The van der Waals surface area contributed by atoms with Gasteiger partial charge in [0.15, 0.2) is 12.4 Å². The van der Waals surface area contributed by atoms with Gasteiger partial charge in [-0.1, -0.05) is 11.3 Å². The zero-order chi connectivity index (χ0) is 21.1. The molecular weight excluding hydrogens is 400 g/mol. The predicted molar refractivity (Wildman–Crippen MR) is 105 cm³/mol. The number of carbonyl (C=O) groups is 2. The third kappa shape index (κ3) is 4.29. The van der Waals surface area contributed by atoms with E-state index in [1.54, 1.807) is 26.2 Å². The van der Waals surface area contributed by atoms with Gasteiger partial charge < -0.3 is 24.2 Å². The Kier molecular flexibility index (Phi) is 5.97. The largest absolute Gasteiger partial charge is 0.462 e. The van der Waals surface area contributed by atoms with Crippen molar-refractivity contribution in [1.82, 2.24) is 14.5 Å². The highest BCUT2D eigenvalue weighted by atomic mass is 32.1. The van der Waals surface area contributed by atoms with E-state index in [2.05, 4.69) is 9.97 Å². The van der Waals surface area contributed by atoms with Crippen LogP contribution in [0.2, 0.25) is 0 Å². The fourth-order valence-corrected chi connectivity index (χ4v) is 3.55. The van der Waals surface area contributed by atoms with Gasteiger partial charge in [0.1, 0.15) is 17.1 Å². The molecule has 3 aromatic heterocycles. The second-order valence-corrected chi connectivity index (χ2v) is 6.98. The molecule has 3 rings (SSSR count). The second-order valence-electron chi connectivity index (χ2n) is 6.16. The monoisotopic (exact) mass is 420 g/mol. The molecule has 29 heavy (non-hydrogen) atoms. The standard InChI is InChI=1S/C18H20N4O6S/c1-4-26-17(24)13-10(3)28-16-14(13)15(19)20-11(21-16)7-27-12(23)5-6-22-9(2)8-29-18(22)25/h8H,4-7H2,1-3H3,(H2,19,20,21). The Labute approximate surface area is 169 Å². The van der Waals surface area contributed by atoms with Gasteiger partial charge in [-0.2, -0.15) is 4.98 Å². The first-order valence-corrected chi connectivity index (χ1v) is 9.73. The number of anilines is 1. The van der Waals surface area contributed by atoms with Crippen LogP contribution in [0.4, 0.5) is 5.82 Å². The topological polar surface area (TPSA) is 140 Å². The van der Waals surface area contributed by atoms with Gasteiger partial charge in [0.05, 0.1) is 18.4 Å². The Morgan fingerprint density at radius 1 is 1.28 bits per heavy atom. The average Bonchev–Trinajstić information content (AvgIpc) is 3.17. The van der Waals surface area contributed by atoms with Crippen LogP contribution in [0.5, 0.6) is 0 Å². The molecule has 0 aliphatic heterocycles. The van der Waals surface area contributed by atoms with Crippen molar-refractivity contribution >= 4 is 40.2 Å². The Morgan fingerprint density at radius 2 is 2.03 bits per heavy atom. The maximum absolute atomic E-state index is 12.1. The summed E-state index contributed by atoms with van der Waals surface area (Å²) < 4.78 is 17.2. The van der Waals surface area contributed by atoms with Crippen molar-refractivity contribution in [2.75, 3.05) is 12.3 Å². The van der Waals surface area contributed by atoms with Crippen molar-refractivity contribution < 1.29 is 23.5 Å². The number of nitrogen functional groups attached to an aromatic ring is 1. The molecule has 0 saturated carbocycles. The van der Waals surface area contributed by atoms with E-state index < -0.39 is 11.9 Å². The van der Waals surface area contributed by atoms with Crippen LogP contribution in [0.15, 0.2) is 14.6 Å². The highest BCUT2D eigenvalue weighted by molar-refractivity contribution is 7.07. The Balaban J connectivity index is 1.70. The van der Waals surface area contributed by atoms with E-state index in [9.17, 15) is 14.4 Å². The van der Waals surface area contributed by atoms with E-state index in [1.807, 2.05) is 0 Å². The quantitative estimate of drug-likeness (QED) is 0.568. The highest BCUT2D eigenvalue weighted by Crippen LogP contribution is 2.29. The zero-order valence-corrected chi connectivity index (χ0v) is 17.0. The molecule has 3 heterocycles. The normalized spacial score (nSPS) is 11.0. The SMILES string of the molecule is CCOC(=O)c1c(C)oc2nc(COC(=O)CCn3c(C)csc3=O)nc(N)c12. The lowest BCUT2D eigenvalue weighted by molar-refractivity contribution is -0.145. The molecule has 10 nitrogen and oxygen atoms in total. The van der Waals surface area contributed by atoms with Crippen LogP contribution in [0.1, 0.15) is 41.0 Å². The first kappa shape index (κ1) is 20.5. The first-order valence-electron chi connectivity index (χ1n) is 8.85. The van der Waals surface area contributed by atoms with E-state index in [-0.39, 0.29) is 59.4 Å². The van der Waals surface area contributed by atoms with Crippen LogP contribution < -0.4 is 10.6 Å². The number of aryl methyl sites for hydroxylation is 2.